The maximum absolute atomic E-state index is 12.4. The van der Waals surface area contributed by atoms with Crippen molar-refractivity contribution in [2.75, 3.05) is 18.6 Å². The van der Waals surface area contributed by atoms with Crippen LogP contribution in [0.4, 0.5) is 13.2 Å². The highest BCUT2D eigenvalue weighted by Crippen LogP contribution is 2.27. The highest BCUT2D eigenvalue weighted by Gasteiger charge is 2.35. The van der Waals surface area contributed by atoms with Crippen molar-refractivity contribution in [1.82, 2.24) is 14.7 Å². The molecule has 6 nitrogen and oxygen atoms in total. The molecule has 0 spiro atoms. The van der Waals surface area contributed by atoms with Gasteiger partial charge in [0.2, 0.25) is 5.91 Å². The Morgan fingerprint density at radius 1 is 1.52 bits per heavy atom. The summed E-state index contributed by atoms with van der Waals surface area (Å²) in [5.41, 5.74) is -1.07. The third-order valence-electron chi connectivity index (χ3n) is 3.38. The fourth-order valence-corrected chi connectivity index (χ4v) is 3.91. The zero-order chi connectivity index (χ0) is 15.8. The molecular weight excluding hydrogens is 311 g/mol. The number of nitrogens with zero attached hydrogens (tertiary/aromatic N) is 3. The Balaban J connectivity index is 2.00. The number of carbonyl (C=O) groups excluding carboxylic acids is 1. The predicted molar refractivity (Wildman–Crippen MR) is 67.1 cm³/mol. The molecule has 2 heterocycles. The van der Waals surface area contributed by atoms with E-state index in [-0.39, 0.29) is 18.1 Å². The summed E-state index contributed by atoms with van der Waals surface area (Å²) >= 11 is 0. The topological polar surface area (TPSA) is 72.3 Å². The Labute approximate surface area is 119 Å². The average molecular weight is 325 g/mol. The summed E-state index contributed by atoms with van der Waals surface area (Å²) in [5.74, 6) is -0.564. The largest absolute Gasteiger partial charge is 0.435 e. The Morgan fingerprint density at radius 2 is 2.19 bits per heavy atom. The van der Waals surface area contributed by atoms with Gasteiger partial charge in [0.15, 0.2) is 15.5 Å². The van der Waals surface area contributed by atoms with Gasteiger partial charge in [-0.2, -0.15) is 18.3 Å². The molecule has 0 saturated carbocycles. The van der Waals surface area contributed by atoms with Gasteiger partial charge in [0.25, 0.3) is 0 Å². The molecular formula is C11H14F3N3O3S. The SMILES string of the molecule is CN(C(=O)Cn1ccc(C(F)(F)F)n1)C1CCS(=O)(=O)C1. The van der Waals surface area contributed by atoms with Crippen LogP contribution >= 0.6 is 0 Å². The van der Waals surface area contributed by atoms with Crippen molar-refractivity contribution < 1.29 is 26.4 Å². The fourth-order valence-electron chi connectivity index (χ4n) is 2.14. The summed E-state index contributed by atoms with van der Waals surface area (Å²) in [7, 11) is -1.68. The van der Waals surface area contributed by atoms with Gasteiger partial charge in [0, 0.05) is 19.3 Å². The molecule has 0 bridgehead atoms. The summed E-state index contributed by atoms with van der Waals surface area (Å²) in [5, 5.41) is 3.29. The minimum atomic E-state index is -4.56. The summed E-state index contributed by atoms with van der Waals surface area (Å²) in [4.78, 5) is 13.2. The first-order valence-electron chi connectivity index (χ1n) is 6.15. The summed E-state index contributed by atoms with van der Waals surface area (Å²) in [6.07, 6.45) is -3.14. The van der Waals surface area contributed by atoms with Gasteiger partial charge in [-0.05, 0) is 12.5 Å². The maximum Gasteiger partial charge on any atom is 0.435 e. The van der Waals surface area contributed by atoms with E-state index >= 15 is 0 Å². The molecule has 1 unspecified atom stereocenters. The molecule has 0 aliphatic carbocycles. The number of halogens is 3. The van der Waals surface area contributed by atoms with E-state index in [9.17, 15) is 26.4 Å². The second-order valence-electron chi connectivity index (χ2n) is 4.96. The molecule has 1 aromatic heterocycles. The van der Waals surface area contributed by atoms with Crippen molar-refractivity contribution in [2.45, 2.75) is 25.2 Å². The lowest BCUT2D eigenvalue weighted by atomic mass is 10.2. The minimum Gasteiger partial charge on any atom is -0.340 e. The summed E-state index contributed by atoms with van der Waals surface area (Å²) in [6, 6.07) is 0.355. The number of likely N-dealkylation sites (N-methyl/N-ethyl adjacent to an activating group) is 1. The van der Waals surface area contributed by atoms with Crippen LogP contribution in [-0.2, 0) is 27.4 Å². The molecule has 0 radical (unpaired) electrons. The van der Waals surface area contributed by atoms with E-state index in [4.69, 9.17) is 0 Å². The van der Waals surface area contributed by atoms with Gasteiger partial charge in [-0.15, -0.1) is 0 Å². The van der Waals surface area contributed by atoms with E-state index < -0.39 is 33.7 Å². The van der Waals surface area contributed by atoms with Crippen molar-refractivity contribution in [1.29, 1.82) is 0 Å². The van der Waals surface area contributed by atoms with Crippen molar-refractivity contribution in [3.63, 3.8) is 0 Å². The smallest absolute Gasteiger partial charge is 0.340 e. The fraction of sp³-hybridized carbons (Fsp3) is 0.636. The first-order valence-corrected chi connectivity index (χ1v) is 7.97. The first-order chi connectivity index (χ1) is 9.58. The Kier molecular flexibility index (Phi) is 4.00. The molecule has 1 aromatic rings. The standard InChI is InChI=1S/C11H14F3N3O3S/c1-16(8-3-5-21(19,20)7-8)10(18)6-17-4-2-9(15-17)11(12,13)14/h2,4,8H,3,5-7H2,1H3. The number of hydrogen-bond acceptors (Lipinski definition) is 4. The molecule has 10 heteroatoms. The second-order valence-corrected chi connectivity index (χ2v) is 7.19. The van der Waals surface area contributed by atoms with E-state index in [0.717, 1.165) is 16.9 Å². The highest BCUT2D eigenvalue weighted by molar-refractivity contribution is 7.91. The molecule has 21 heavy (non-hydrogen) atoms. The van der Waals surface area contributed by atoms with Gasteiger partial charge in [0.1, 0.15) is 6.54 Å². The van der Waals surface area contributed by atoms with Crippen LogP contribution in [0, 0.1) is 0 Å². The monoisotopic (exact) mass is 325 g/mol. The van der Waals surface area contributed by atoms with Crippen LogP contribution in [0.25, 0.3) is 0 Å². The van der Waals surface area contributed by atoms with E-state index in [0.29, 0.717) is 6.42 Å². The van der Waals surface area contributed by atoms with Crippen LogP contribution < -0.4 is 0 Å². The van der Waals surface area contributed by atoms with Gasteiger partial charge >= 0.3 is 6.18 Å². The van der Waals surface area contributed by atoms with Crippen LogP contribution in [0.15, 0.2) is 12.3 Å². The normalized spacial score (nSPS) is 21.4. The molecule has 1 amide bonds. The second kappa shape index (κ2) is 5.32. The summed E-state index contributed by atoms with van der Waals surface area (Å²) in [6.45, 7) is -0.358. The van der Waals surface area contributed by atoms with Crippen LogP contribution in [0.5, 0.6) is 0 Å². The highest BCUT2D eigenvalue weighted by atomic mass is 32.2. The van der Waals surface area contributed by atoms with E-state index in [1.54, 1.807) is 0 Å². The molecule has 0 N–H and O–H groups in total. The quantitative estimate of drug-likeness (QED) is 0.813. The molecule has 0 aromatic carbocycles. The summed E-state index contributed by atoms with van der Waals surface area (Å²) < 4.78 is 60.8. The third-order valence-corrected chi connectivity index (χ3v) is 5.13. The molecule has 118 valence electrons. The van der Waals surface area contributed by atoms with Gasteiger partial charge in [-0.25, -0.2) is 8.42 Å². The van der Waals surface area contributed by atoms with Gasteiger partial charge < -0.3 is 4.90 Å². The maximum atomic E-state index is 12.4. The first kappa shape index (κ1) is 15.8. The van der Waals surface area contributed by atoms with E-state index in [1.807, 2.05) is 0 Å². The number of rotatable bonds is 3. The number of amides is 1. The van der Waals surface area contributed by atoms with Crippen molar-refractivity contribution >= 4 is 15.7 Å². The molecule has 1 atom stereocenters. The molecule has 1 saturated heterocycles. The van der Waals surface area contributed by atoms with Crippen LogP contribution in [0.3, 0.4) is 0 Å². The Morgan fingerprint density at radius 3 is 2.67 bits per heavy atom. The van der Waals surface area contributed by atoms with Gasteiger partial charge in [-0.3, -0.25) is 9.48 Å². The Bertz CT molecular complexity index is 639. The van der Waals surface area contributed by atoms with Crippen molar-refractivity contribution in [2.24, 2.45) is 0 Å². The minimum absolute atomic E-state index is 0.0231. The number of aromatic nitrogens is 2. The zero-order valence-corrected chi connectivity index (χ0v) is 12.0. The number of carbonyl (C=O) groups is 1. The molecule has 1 aliphatic rings. The van der Waals surface area contributed by atoms with Crippen LogP contribution in [-0.4, -0.2) is 53.6 Å². The van der Waals surface area contributed by atoms with E-state index in [2.05, 4.69) is 5.10 Å². The number of sulfone groups is 1. The number of hydrogen-bond donors (Lipinski definition) is 0. The third kappa shape index (κ3) is 3.74. The molecule has 1 aliphatic heterocycles. The number of alkyl halides is 3. The van der Waals surface area contributed by atoms with Gasteiger partial charge in [0.05, 0.1) is 11.5 Å². The lowest BCUT2D eigenvalue weighted by molar-refractivity contribution is -0.142. The average Bonchev–Trinajstić information content (AvgIpc) is 2.94. The Hall–Kier alpha value is -1.58. The van der Waals surface area contributed by atoms with Crippen LogP contribution in [0.1, 0.15) is 12.1 Å². The lowest BCUT2D eigenvalue weighted by Crippen LogP contribution is -2.39. The predicted octanol–water partition coefficient (Wildman–Crippen LogP) is 0.547. The van der Waals surface area contributed by atoms with E-state index in [1.165, 1.54) is 11.9 Å². The molecule has 1 fully saturated rings. The zero-order valence-electron chi connectivity index (χ0n) is 11.2. The molecule has 2 rings (SSSR count). The lowest BCUT2D eigenvalue weighted by Gasteiger charge is -2.23. The van der Waals surface area contributed by atoms with Gasteiger partial charge in [-0.1, -0.05) is 0 Å². The van der Waals surface area contributed by atoms with Crippen LogP contribution in [0.2, 0.25) is 0 Å². The van der Waals surface area contributed by atoms with Crippen molar-refractivity contribution in [3.8, 4) is 0 Å². The van der Waals surface area contributed by atoms with Crippen molar-refractivity contribution in [3.05, 3.63) is 18.0 Å².